The number of hydrogen-bond donors (Lipinski definition) is 0. The fourth-order valence-corrected chi connectivity index (χ4v) is 7.00. The van der Waals surface area contributed by atoms with E-state index in [1.165, 1.54) is 21.8 Å². The number of aromatic nitrogens is 2. The Bertz CT molecular complexity index is 2240. The number of hydrogen-bond acceptors (Lipinski definition) is 2. The van der Waals surface area contributed by atoms with Gasteiger partial charge in [0.1, 0.15) is 0 Å². The molecule has 7 aromatic carbocycles. The molecule has 0 aliphatic carbocycles. The van der Waals surface area contributed by atoms with Crippen molar-refractivity contribution in [1.29, 1.82) is 0 Å². The molecule has 0 aliphatic heterocycles. The number of fused-ring (bicyclic) bond motifs is 3. The molecule has 9 aromatic rings. The van der Waals surface area contributed by atoms with E-state index in [0.717, 1.165) is 45.5 Å². The molecule has 0 radical (unpaired) electrons. The van der Waals surface area contributed by atoms with Crippen LogP contribution in [-0.2, 0) is 0 Å². The molecule has 2 aromatic heterocycles. The molecule has 50 heavy (non-hydrogen) atoms. The zero-order valence-corrected chi connectivity index (χ0v) is 27.4. The predicted molar refractivity (Wildman–Crippen MR) is 209 cm³/mol. The highest BCUT2D eigenvalue weighted by molar-refractivity contribution is 6.06. The van der Waals surface area contributed by atoms with E-state index in [-0.39, 0.29) is 0 Å². The van der Waals surface area contributed by atoms with E-state index in [2.05, 4.69) is 225 Å². The van der Waals surface area contributed by atoms with E-state index in [1.54, 1.807) is 0 Å². The highest BCUT2D eigenvalue weighted by Crippen LogP contribution is 2.38. The molecule has 0 N–H and O–H groups in total. The second kappa shape index (κ2) is 12.7. The van der Waals surface area contributed by atoms with Crippen molar-refractivity contribution in [3.05, 3.63) is 207 Å². The Morgan fingerprint density at radius 1 is 0.260 bits per heavy atom. The summed E-state index contributed by atoms with van der Waals surface area (Å²) in [4.78, 5) is 4.59. The van der Waals surface area contributed by atoms with E-state index in [0.29, 0.717) is 0 Å². The molecular formula is C46H34N4. The number of rotatable bonds is 8. The summed E-state index contributed by atoms with van der Waals surface area (Å²) >= 11 is 0. The van der Waals surface area contributed by atoms with Crippen LogP contribution in [0.15, 0.2) is 207 Å². The van der Waals surface area contributed by atoms with Crippen LogP contribution in [0.25, 0.3) is 33.2 Å². The molecule has 0 unspecified atom stereocenters. The molecule has 0 amide bonds. The third kappa shape index (κ3) is 5.29. The summed E-state index contributed by atoms with van der Waals surface area (Å²) in [5.41, 5.74) is 11.3. The van der Waals surface area contributed by atoms with Crippen molar-refractivity contribution < 1.29 is 0 Å². The average Bonchev–Trinajstić information content (AvgIpc) is 3.82. The molecule has 0 saturated carbocycles. The first-order chi connectivity index (χ1) is 24.8. The lowest BCUT2D eigenvalue weighted by molar-refractivity contribution is 1.10. The van der Waals surface area contributed by atoms with Crippen LogP contribution in [0, 0.1) is 0 Å². The third-order valence-corrected chi connectivity index (χ3v) is 9.33. The molecule has 0 bridgehead atoms. The van der Waals surface area contributed by atoms with Gasteiger partial charge < -0.3 is 18.9 Å². The minimum atomic E-state index is 1.11. The highest BCUT2D eigenvalue weighted by atomic mass is 15.1. The zero-order chi connectivity index (χ0) is 33.3. The monoisotopic (exact) mass is 642 g/mol. The summed E-state index contributed by atoms with van der Waals surface area (Å²) in [6, 6.07) is 68.7. The van der Waals surface area contributed by atoms with E-state index in [1.807, 2.05) is 0 Å². The normalized spacial score (nSPS) is 11.2. The first-order valence-corrected chi connectivity index (χ1v) is 16.9. The largest absolute Gasteiger partial charge is 0.315 e. The summed E-state index contributed by atoms with van der Waals surface area (Å²) in [6.45, 7) is 0. The molecule has 0 saturated heterocycles. The maximum atomic E-state index is 2.31. The van der Waals surface area contributed by atoms with Gasteiger partial charge in [0.25, 0.3) is 0 Å². The Morgan fingerprint density at radius 2 is 0.540 bits per heavy atom. The fraction of sp³-hybridized carbons (Fsp3) is 0. The lowest BCUT2D eigenvalue weighted by atomic mass is 10.1. The first-order valence-electron chi connectivity index (χ1n) is 16.9. The predicted octanol–water partition coefficient (Wildman–Crippen LogP) is 12.5. The number of benzene rings is 7. The molecule has 0 spiro atoms. The smallest absolute Gasteiger partial charge is 0.0777 e. The standard InChI is InChI=1S/C46H34N4/c1-5-13-39(14-6-1)49(40-15-7-2-8-16-40)43-27-23-37(24-28-43)47-33-31-35-21-22-36-32-34-48(46(36)45(35)47)38-25-29-44(30-26-38)50(41-17-9-3-10-18-41)42-19-11-4-12-20-42/h1-34H. The van der Waals surface area contributed by atoms with Gasteiger partial charge in [0, 0.05) is 68.7 Å². The van der Waals surface area contributed by atoms with E-state index >= 15 is 0 Å². The summed E-state index contributed by atoms with van der Waals surface area (Å²) < 4.78 is 4.63. The first kappa shape index (κ1) is 29.4. The van der Waals surface area contributed by atoms with E-state index in [4.69, 9.17) is 0 Å². The maximum Gasteiger partial charge on any atom is 0.0777 e. The summed E-state index contributed by atoms with van der Waals surface area (Å²) in [6.07, 6.45) is 4.37. The van der Waals surface area contributed by atoms with Crippen LogP contribution in [0.5, 0.6) is 0 Å². The van der Waals surface area contributed by atoms with Crippen molar-refractivity contribution in [1.82, 2.24) is 9.13 Å². The zero-order valence-electron chi connectivity index (χ0n) is 27.4. The van der Waals surface area contributed by atoms with Gasteiger partial charge in [-0.25, -0.2) is 0 Å². The Balaban J connectivity index is 1.11. The van der Waals surface area contributed by atoms with Gasteiger partial charge in [-0.05, 0) is 109 Å². The molecule has 0 atom stereocenters. The Kier molecular flexibility index (Phi) is 7.45. The van der Waals surface area contributed by atoms with Crippen LogP contribution >= 0.6 is 0 Å². The maximum absolute atomic E-state index is 2.31. The lowest BCUT2D eigenvalue weighted by Gasteiger charge is -2.25. The lowest BCUT2D eigenvalue weighted by Crippen LogP contribution is -2.09. The number of para-hydroxylation sites is 4. The minimum absolute atomic E-state index is 1.11. The quantitative estimate of drug-likeness (QED) is 0.164. The van der Waals surface area contributed by atoms with Gasteiger partial charge in [0.2, 0.25) is 0 Å². The van der Waals surface area contributed by atoms with Crippen molar-refractivity contribution in [2.45, 2.75) is 0 Å². The van der Waals surface area contributed by atoms with Crippen molar-refractivity contribution in [2.24, 2.45) is 0 Å². The molecule has 9 rings (SSSR count). The molecule has 4 heteroatoms. The Labute approximate surface area is 291 Å². The number of anilines is 6. The third-order valence-electron chi connectivity index (χ3n) is 9.33. The van der Waals surface area contributed by atoms with Crippen molar-refractivity contribution in [3.63, 3.8) is 0 Å². The van der Waals surface area contributed by atoms with Crippen LogP contribution in [0.2, 0.25) is 0 Å². The highest BCUT2D eigenvalue weighted by Gasteiger charge is 2.16. The van der Waals surface area contributed by atoms with Gasteiger partial charge in [-0.1, -0.05) is 84.9 Å². The summed E-state index contributed by atoms with van der Waals surface area (Å²) in [5.74, 6) is 0. The molecule has 2 heterocycles. The number of nitrogens with zero attached hydrogens (tertiary/aromatic N) is 4. The van der Waals surface area contributed by atoms with Crippen LogP contribution in [-0.4, -0.2) is 9.13 Å². The van der Waals surface area contributed by atoms with Gasteiger partial charge in [0.05, 0.1) is 11.0 Å². The average molecular weight is 643 g/mol. The SMILES string of the molecule is c1ccc(N(c2ccccc2)c2ccc(-n3ccc4ccc5ccn(-c6ccc(N(c7ccccc7)c7ccccc7)cc6)c5c43)cc2)cc1. The van der Waals surface area contributed by atoms with Crippen LogP contribution in [0.1, 0.15) is 0 Å². The molecule has 0 fully saturated rings. The van der Waals surface area contributed by atoms with Gasteiger partial charge in [-0.3, -0.25) is 0 Å². The van der Waals surface area contributed by atoms with Crippen LogP contribution in [0.4, 0.5) is 34.1 Å². The fourth-order valence-electron chi connectivity index (χ4n) is 7.00. The summed E-state index contributed by atoms with van der Waals surface area (Å²) in [7, 11) is 0. The molecular weight excluding hydrogens is 609 g/mol. The van der Waals surface area contributed by atoms with Crippen LogP contribution in [0.3, 0.4) is 0 Å². The Morgan fingerprint density at radius 3 is 0.840 bits per heavy atom. The van der Waals surface area contributed by atoms with Crippen molar-refractivity contribution in [3.8, 4) is 11.4 Å². The van der Waals surface area contributed by atoms with Crippen LogP contribution < -0.4 is 9.80 Å². The van der Waals surface area contributed by atoms with Gasteiger partial charge in [0.15, 0.2) is 0 Å². The van der Waals surface area contributed by atoms with E-state index in [9.17, 15) is 0 Å². The molecule has 4 nitrogen and oxygen atoms in total. The molecule has 0 aliphatic rings. The second-order valence-electron chi connectivity index (χ2n) is 12.4. The minimum Gasteiger partial charge on any atom is -0.315 e. The topological polar surface area (TPSA) is 16.3 Å². The summed E-state index contributed by atoms with van der Waals surface area (Å²) in [5, 5.41) is 2.40. The van der Waals surface area contributed by atoms with Gasteiger partial charge >= 0.3 is 0 Å². The Hall–Kier alpha value is -6.78. The van der Waals surface area contributed by atoms with E-state index < -0.39 is 0 Å². The van der Waals surface area contributed by atoms with Crippen molar-refractivity contribution in [2.75, 3.05) is 9.80 Å². The molecule has 238 valence electrons. The van der Waals surface area contributed by atoms with Gasteiger partial charge in [-0.15, -0.1) is 0 Å². The van der Waals surface area contributed by atoms with Gasteiger partial charge in [-0.2, -0.15) is 0 Å². The van der Waals surface area contributed by atoms with Crippen molar-refractivity contribution >= 4 is 55.9 Å². The second-order valence-corrected chi connectivity index (χ2v) is 12.4.